The molecule has 0 fully saturated rings. The summed E-state index contributed by atoms with van der Waals surface area (Å²) < 4.78 is 0. The van der Waals surface area contributed by atoms with Gasteiger partial charge in [-0.1, -0.05) is 164 Å². The second kappa shape index (κ2) is 13.0. The summed E-state index contributed by atoms with van der Waals surface area (Å²) in [4.78, 5) is 2.36. The maximum atomic E-state index is 2.38. The Morgan fingerprint density at radius 2 is 0.585 bits per heavy atom. The van der Waals surface area contributed by atoms with E-state index in [1.54, 1.807) is 0 Å². The van der Waals surface area contributed by atoms with Crippen LogP contribution < -0.4 is 4.90 Å². The Labute approximate surface area is 309 Å². The highest BCUT2D eigenvalue weighted by Crippen LogP contribution is 2.40. The van der Waals surface area contributed by atoms with Gasteiger partial charge in [-0.15, -0.1) is 0 Å². The Hall–Kier alpha value is -6.96. The third-order valence-electron chi connectivity index (χ3n) is 10.6. The zero-order valence-corrected chi connectivity index (χ0v) is 29.2. The van der Waals surface area contributed by atoms with E-state index in [0.29, 0.717) is 0 Å². The first-order valence-electron chi connectivity index (χ1n) is 18.3. The zero-order chi connectivity index (χ0) is 35.1. The van der Waals surface area contributed by atoms with Gasteiger partial charge in [0, 0.05) is 17.1 Å². The van der Waals surface area contributed by atoms with Crippen LogP contribution in [0.4, 0.5) is 17.1 Å². The quantitative estimate of drug-likeness (QED) is 0.159. The SMILES string of the molecule is c1ccc(-c2ccc(N(c3ccc(-c4ccccc4)cc3)c3ccc4ccc(-c5ccc6c7ccccc7c7ccccc7c6c5)cc4c3)cc2)cc1. The highest BCUT2D eigenvalue weighted by Gasteiger charge is 2.15. The zero-order valence-electron chi connectivity index (χ0n) is 29.2. The molecule has 0 aliphatic rings. The molecule has 1 heteroatoms. The van der Waals surface area contributed by atoms with Crippen LogP contribution >= 0.6 is 0 Å². The van der Waals surface area contributed by atoms with Gasteiger partial charge in [-0.3, -0.25) is 0 Å². The number of anilines is 3. The molecule has 0 heterocycles. The molecule has 0 bridgehead atoms. The molecule has 0 aromatic heterocycles. The predicted octanol–water partition coefficient (Wildman–Crippen LogP) is 14.8. The van der Waals surface area contributed by atoms with Crippen molar-refractivity contribution in [2.45, 2.75) is 0 Å². The van der Waals surface area contributed by atoms with Crippen molar-refractivity contribution in [2.75, 3.05) is 4.90 Å². The number of rotatable bonds is 6. The van der Waals surface area contributed by atoms with E-state index in [4.69, 9.17) is 0 Å². The molecule has 10 aromatic rings. The first kappa shape index (κ1) is 30.8. The van der Waals surface area contributed by atoms with Crippen LogP contribution in [0.1, 0.15) is 0 Å². The summed E-state index contributed by atoms with van der Waals surface area (Å²) in [5.41, 5.74) is 10.6. The Balaban J connectivity index is 1.08. The maximum Gasteiger partial charge on any atom is 0.0468 e. The van der Waals surface area contributed by atoms with E-state index in [2.05, 4.69) is 217 Å². The van der Waals surface area contributed by atoms with Crippen molar-refractivity contribution in [3.8, 4) is 33.4 Å². The molecule has 0 atom stereocenters. The number of benzene rings is 10. The lowest BCUT2D eigenvalue weighted by Gasteiger charge is -2.26. The maximum absolute atomic E-state index is 2.38. The van der Waals surface area contributed by atoms with Gasteiger partial charge >= 0.3 is 0 Å². The summed E-state index contributed by atoms with van der Waals surface area (Å²) in [6, 6.07) is 77.2. The number of fused-ring (bicyclic) bond motifs is 7. The van der Waals surface area contributed by atoms with Crippen LogP contribution in [0.25, 0.3) is 76.5 Å². The van der Waals surface area contributed by atoms with E-state index in [0.717, 1.165) is 17.1 Å². The van der Waals surface area contributed by atoms with Crippen molar-refractivity contribution in [2.24, 2.45) is 0 Å². The third-order valence-corrected chi connectivity index (χ3v) is 10.6. The summed E-state index contributed by atoms with van der Waals surface area (Å²) in [5, 5.41) is 10.2. The summed E-state index contributed by atoms with van der Waals surface area (Å²) >= 11 is 0. The molecule has 0 amide bonds. The molecule has 0 N–H and O–H groups in total. The smallest absolute Gasteiger partial charge is 0.0468 e. The minimum atomic E-state index is 1.11. The molecule has 1 nitrogen and oxygen atoms in total. The molecule has 10 aromatic carbocycles. The van der Waals surface area contributed by atoms with E-state index in [1.807, 2.05) is 0 Å². The first-order chi connectivity index (χ1) is 26.3. The van der Waals surface area contributed by atoms with Crippen molar-refractivity contribution in [3.05, 3.63) is 212 Å². The number of nitrogens with zero attached hydrogens (tertiary/aromatic N) is 1. The van der Waals surface area contributed by atoms with Crippen LogP contribution in [0.2, 0.25) is 0 Å². The Kier molecular flexibility index (Phi) is 7.55. The monoisotopic (exact) mass is 673 g/mol. The van der Waals surface area contributed by atoms with Crippen molar-refractivity contribution in [1.82, 2.24) is 0 Å². The molecule has 0 spiro atoms. The molecule has 0 aliphatic heterocycles. The lowest BCUT2D eigenvalue weighted by atomic mass is 9.91. The largest absolute Gasteiger partial charge is 0.310 e. The van der Waals surface area contributed by atoms with Crippen LogP contribution in [0.5, 0.6) is 0 Å². The van der Waals surface area contributed by atoms with Gasteiger partial charge in [0.25, 0.3) is 0 Å². The van der Waals surface area contributed by atoms with Crippen LogP contribution in [-0.2, 0) is 0 Å². The van der Waals surface area contributed by atoms with Crippen molar-refractivity contribution >= 4 is 60.2 Å². The average molecular weight is 674 g/mol. The molecule has 53 heavy (non-hydrogen) atoms. The Morgan fingerprint density at radius 1 is 0.208 bits per heavy atom. The van der Waals surface area contributed by atoms with Gasteiger partial charge in [0.2, 0.25) is 0 Å². The van der Waals surface area contributed by atoms with Crippen molar-refractivity contribution < 1.29 is 0 Å². The van der Waals surface area contributed by atoms with Gasteiger partial charge in [0.1, 0.15) is 0 Å². The molecule has 0 aliphatic carbocycles. The highest BCUT2D eigenvalue weighted by atomic mass is 15.1. The second-order valence-electron chi connectivity index (χ2n) is 13.8. The molecular weight excluding hydrogens is 639 g/mol. The van der Waals surface area contributed by atoms with Gasteiger partial charge in [-0.05, 0) is 125 Å². The number of hydrogen-bond donors (Lipinski definition) is 0. The van der Waals surface area contributed by atoms with E-state index in [-0.39, 0.29) is 0 Å². The molecule has 0 saturated heterocycles. The average Bonchev–Trinajstić information content (AvgIpc) is 3.24. The Bertz CT molecular complexity index is 2790. The van der Waals surface area contributed by atoms with E-state index < -0.39 is 0 Å². The predicted molar refractivity (Wildman–Crippen MR) is 227 cm³/mol. The molecule has 0 saturated carbocycles. The van der Waals surface area contributed by atoms with E-state index in [1.165, 1.54) is 76.5 Å². The second-order valence-corrected chi connectivity index (χ2v) is 13.8. The van der Waals surface area contributed by atoms with Crippen LogP contribution in [0.3, 0.4) is 0 Å². The van der Waals surface area contributed by atoms with Gasteiger partial charge in [0.05, 0.1) is 0 Å². The lowest BCUT2D eigenvalue weighted by molar-refractivity contribution is 1.29. The fraction of sp³-hybridized carbons (Fsp3) is 0. The van der Waals surface area contributed by atoms with Gasteiger partial charge in [-0.2, -0.15) is 0 Å². The molecule has 248 valence electrons. The van der Waals surface area contributed by atoms with Crippen LogP contribution in [-0.4, -0.2) is 0 Å². The number of hydrogen-bond acceptors (Lipinski definition) is 1. The summed E-state index contributed by atoms with van der Waals surface area (Å²) in [6.45, 7) is 0. The lowest BCUT2D eigenvalue weighted by Crippen LogP contribution is -2.09. The van der Waals surface area contributed by atoms with E-state index >= 15 is 0 Å². The van der Waals surface area contributed by atoms with Crippen LogP contribution in [0, 0.1) is 0 Å². The fourth-order valence-electron chi connectivity index (χ4n) is 7.95. The van der Waals surface area contributed by atoms with Crippen molar-refractivity contribution in [3.63, 3.8) is 0 Å². The van der Waals surface area contributed by atoms with E-state index in [9.17, 15) is 0 Å². The van der Waals surface area contributed by atoms with Crippen molar-refractivity contribution in [1.29, 1.82) is 0 Å². The highest BCUT2D eigenvalue weighted by molar-refractivity contribution is 6.25. The molecule has 0 unspecified atom stereocenters. The minimum Gasteiger partial charge on any atom is -0.310 e. The molecule has 0 radical (unpaired) electrons. The molecular formula is C52H35N. The fourth-order valence-corrected chi connectivity index (χ4v) is 7.95. The normalized spacial score (nSPS) is 11.4. The minimum absolute atomic E-state index is 1.11. The van der Waals surface area contributed by atoms with Crippen LogP contribution in [0.15, 0.2) is 212 Å². The van der Waals surface area contributed by atoms with Gasteiger partial charge in [0.15, 0.2) is 0 Å². The molecule has 10 rings (SSSR count). The standard InChI is InChI=1S/C52H35N/c1-3-11-36(12-4-1)38-21-27-44(28-22-38)53(45-29-23-39(24-30-45)37-13-5-2-6-14-37)46-31-25-40-19-20-41(33-43(40)34-46)42-26-32-51-49-17-8-7-15-47(49)48-16-9-10-18-50(48)52(51)35-42/h1-35H. The van der Waals surface area contributed by atoms with Gasteiger partial charge < -0.3 is 4.90 Å². The summed E-state index contributed by atoms with van der Waals surface area (Å²) in [6.07, 6.45) is 0. The third kappa shape index (κ3) is 5.60. The van der Waals surface area contributed by atoms with Gasteiger partial charge in [-0.25, -0.2) is 0 Å². The topological polar surface area (TPSA) is 3.24 Å². The summed E-state index contributed by atoms with van der Waals surface area (Å²) in [7, 11) is 0. The Morgan fingerprint density at radius 3 is 1.13 bits per heavy atom. The first-order valence-corrected chi connectivity index (χ1v) is 18.3. The summed E-state index contributed by atoms with van der Waals surface area (Å²) in [5.74, 6) is 0.